The molecule has 0 aliphatic heterocycles. The van der Waals surface area contributed by atoms with Crippen molar-refractivity contribution in [2.24, 2.45) is 0 Å². The Morgan fingerprint density at radius 1 is 0.556 bits per heavy atom. The fourth-order valence-electron chi connectivity index (χ4n) is 5.24. The normalized spacial score (nSPS) is 13.3. The number of hydrogen-bond acceptors (Lipinski definition) is 2. The van der Waals surface area contributed by atoms with Gasteiger partial charge >= 0.3 is 0 Å². The van der Waals surface area contributed by atoms with E-state index >= 15 is 4.57 Å². The number of nitrogens with zero attached hydrogens (tertiary/aromatic N) is 1. The van der Waals surface area contributed by atoms with Gasteiger partial charge in [-0.05, 0) is 54.6 Å². The van der Waals surface area contributed by atoms with Crippen LogP contribution < -0.4 is 15.9 Å². The largest absolute Gasteiger partial charge is 0.464 e. The first-order chi connectivity index (χ1) is 17.7. The smallest absolute Gasteiger partial charge is 0.171 e. The highest BCUT2D eigenvalue weighted by Gasteiger charge is 2.31. The third-order valence-corrected chi connectivity index (χ3v) is 9.99. The highest BCUT2D eigenvalue weighted by molar-refractivity contribution is 7.85. The van der Waals surface area contributed by atoms with Crippen LogP contribution in [-0.4, -0.2) is 4.57 Å². The Balaban J connectivity index is 1.53. The zero-order valence-electron chi connectivity index (χ0n) is 19.4. The first kappa shape index (κ1) is 21.0. The zero-order chi connectivity index (χ0) is 24.1. The fourth-order valence-corrected chi connectivity index (χ4v) is 7.90. The Labute approximate surface area is 208 Å². The van der Waals surface area contributed by atoms with Crippen LogP contribution in [-0.2, 0) is 4.57 Å². The summed E-state index contributed by atoms with van der Waals surface area (Å²) in [7, 11) is -3.17. The van der Waals surface area contributed by atoms with Crippen molar-refractivity contribution in [1.82, 2.24) is 4.57 Å². The van der Waals surface area contributed by atoms with Gasteiger partial charge in [0, 0.05) is 37.8 Å². The van der Waals surface area contributed by atoms with Crippen molar-refractivity contribution in [3.63, 3.8) is 0 Å². The van der Waals surface area contributed by atoms with Gasteiger partial charge in [0.15, 0.2) is 7.14 Å². The van der Waals surface area contributed by atoms with E-state index in [4.69, 9.17) is 4.42 Å². The molecular formula is C32H22NO2P. The lowest BCUT2D eigenvalue weighted by atomic mass is 10.1. The van der Waals surface area contributed by atoms with Crippen LogP contribution in [0.3, 0.4) is 0 Å². The second-order valence-electron chi connectivity index (χ2n) is 8.98. The standard InChI is InChI=1S/C32H22NO2P/c34-36(25-11-5-2-6-12-25,27-16-15-23-19-20-35-32(23)22-27)26-17-18-31-29(21-26)28-13-7-8-14-30(28)33(31)24-9-3-1-4-10-24/h1-22H. The average molecular weight is 484 g/mol. The molecule has 0 N–H and O–H groups in total. The summed E-state index contributed by atoms with van der Waals surface area (Å²) < 4.78 is 23.1. The molecule has 1 atom stereocenters. The minimum Gasteiger partial charge on any atom is -0.464 e. The molecule has 7 aromatic rings. The molecule has 0 radical (unpaired) electrons. The summed E-state index contributed by atoms with van der Waals surface area (Å²) in [5, 5.41) is 5.61. The summed E-state index contributed by atoms with van der Waals surface area (Å²) in [5.74, 6) is 0. The van der Waals surface area contributed by atoms with Gasteiger partial charge in [0.2, 0.25) is 0 Å². The number of para-hydroxylation sites is 2. The molecule has 0 amide bonds. The van der Waals surface area contributed by atoms with E-state index in [1.165, 1.54) is 0 Å². The number of fused-ring (bicyclic) bond motifs is 4. The summed E-state index contributed by atoms with van der Waals surface area (Å²) in [4.78, 5) is 0. The Hall–Kier alpha value is -4.33. The van der Waals surface area contributed by atoms with E-state index in [0.717, 1.165) is 54.4 Å². The van der Waals surface area contributed by atoms with Crippen LogP contribution in [0.15, 0.2) is 138 Å². The molecule has 1 unspecified atom stereocenters. The molecule has 5 aromatic carbocycles. The summed E-state index contributed by atoms with van der Waals surface area (Å²) in [6, 6.07) is 42.7. The lowest BCUT2D eigenvalue weighted by molar-refractivity contribution is 0.592. The topological polar surface area (TPSA) is 35.1 Å². The van der Waals surface area contributed by atoms with Crippen molar-refractivity contribution in [1.29, 1.82) is 0 Å². The molecule has 2 aromatic heterocycles. The molecule has 0 saturated heterocycles. The molecule has 2 heterocycles. The summed E-state index contributed by atoms with van der Waals surface area (Å²) >= 11 is 0. The maximum atomic E-state index is 15.2. The van der Waals surface area contributed by atoms with E-state index < -0.39 is 7.14 Å². The summed E-state index contributed by atoms with van der Waals surface area (Å²) in [6.45, 7) is 0. The molecule has 0 saturated carbocycles. The number of furan rings is 1. The van der Waals surface area contributed by atoms with Crippen molar-refractivity contribution >= 4 is 55.8 Å². The Morgan fingerprint density at radius 3 is 2.06 bits per heavy atom. The maximum absolute atomic E-state index is 15.2. The average Bonchev–Trinajstić information content (AvgIpc) is 3.55. The Bertz CT molecular complexity index is 1920. The molecule has 36 heavy (non-hydrogen) atoms. The zero-order valence-corrected chi connectivity index (χ0v) is 20.3. The van der Waals surface area contributed by atoms with Gasteiger partial charge in [-0.3, -0.25) is 0 Å². The molecule has 0 aliphatic rings. The monoisotopic (exact) mass is 483 g/mol. The van der Waals surface area contributed by atoms with Gasteiger partial charge in [0.25, 0.3) is 0 Å². The van der Waals surface area contributed by atoms with E-state index in [1.807, 2.05) is 66.7 Å². The van der Waals surface area contributed by atoms with Gasteiger partial charge in [-0.1, -0.05) is 72.8 Å². The van der Waals surface area contributed by atoms with Crippen LogP contribution >= 0.6 is 7.14 Å². The first-order valence-corrected chi connectivity index (χ1v) is 13.7. The van der Waals surface area contributed by atoms with Crippen molar-refractivity contribution in [2.45, 2.75) is 0 Å². The lowest BCUT2D eigenvalue weighted by Crippen LogP contribution is -2.25. The van der Waals surface area contributed by atoms with Gasteiger partial charge in [-0.2, -0.15) is 0 Å². The van der Waals surface area contributed by atoms with Crippen molar-refractivity contribution in [2.75, 3.05) is 0 Å². The van der Waals surface area contributed by atoms with Gasteiger partial charge < -0.3 is 13.5 Å². The number of rotatable bonds is 4. The minimum atomic E-state index is -3.17. The van der Waals surface area contributed by atoms with Crippen molar-refractivity contribution in [3.05, 3.63) is 134 Å². The van der Waals surface area contributed by atoms with Crippen LogP contribution in [0.25, 0.3) is 38.5 Å². The minimum absolute atomic E-state index is 0.741. The maximum Gasteiger partial charge on any atom is 0.171 e. The Morgan fingerprint density at radius 2 is 1.22 bits per heavy atom. The molecule has 0 aliphatic carbocycles. The molecule has 0 fully saturated rings. The van der Waals surface area contributed by atoms with E-state index in [9.17, 15) is 0 Å². The fraction of sp³-hybridized carbons (Fsp3) is 0. The van der Waals surface area contributed by atoms with Crippen LogP contribution in [0.1, 0.15) is 0 Å². The quantitative estimate of drug-likeness (QED) is 0.249. The second kappa shape index (κ2) is 8.12. The van der Waals surface area contributed by atoms with E-state index in [0.29, 0.717) is 0 Å². The molecule has 4 heteroatoms. The highest BCUT2D eigenvalue weighted by Crippen LogP contribution is 2.44. The second-order valence-corrected chi connectivity index (χ2v) is 11.7. The van der Waals surface area contributed by atoms with Crippen LogP contribution in [0.2, 0.25) is 0 Å². The van der Waals surface area contributed by atoms with Gasteiger partial charge in [0.05, 0.1) is 17.3 Å². The summed E-state index contributed by atoms with van der Waals surface area (Å²) in [6.07, 6.45) is 1.67. The molecule has 172 valence electrons. The molecule has 3 nitrogen and oxygen atoms in total. The SMILES string of the molecule is O=P(c1ccccc1)(c1ccc2ccoc2c1)c1ccc2c(c1)c1ccccc1n2-c1ccccc1. The van der Waals surface area contributed by atoms with E-state index in [-0.39, 0.29) is 0 Å². The van der Waals surface area contributed by atoms with Crippen molar-refractivity contribution in [3.8, 4) is 5.69 Å². The van der Waals surface area contributed by atoms with Gasteiger partial charge in [-0.15, -0.1) is 0 Å². The highest BCUT2D eigenvalue weighted by atomic mass is 31.2. The first-order valence-electron chi connectivity index (χ1n) is 12.0. The Kier molecular flexibility index (Phi) is 4.73. The van der Waals surface area contributed by atoms with E-state index in [1.54, 1.807) is 6.26 Å². The number of aromatic nitrogens is 1. The predicted octanol–water partition coefficient (Wildman–Crippen LogP) is 7.17. The van der Waals surface area contributed by atoms with Crippen LogP contribution in [0.5, 0.6) is 0 Å². The number of hydrogen-bond donors (Lipinski definition) is 0. The van der Waals surface area contributed by atoms with Gasteiger partial charge in [-0.25, -0.2) is 0 Å². The van der Waals surface area contributed by atoms with Crippen LogP contribution in [0.4, 0.5) is 0 Å². The molecule has 7 rings (SSSR count). The van der Waals surface area contributed by atoms with E-state index in [2.05, 4.69) is 65.2 Å². The molecular weight excluding hydrogens is 461 g/mol. The predicted molar refractivity (Wildman–Crippen MR) is 150 cm³/mol. The third kappa shape index (κ3) is 3.10. The number of benzene rings is 5. The molecule has 0 bridgehead atoms. The van der Waals surface area contributed by atoms with Crippen LogP contribution in [0, 0.1) is 0 Å². The van der Waals surface area contributed by atoms with Crippen molar-refractivity contribution < 1.29 is 8.98 Å². The molecule has 0 spiro atoms. The van der Waals surface area contributed by atoms with Gasteiger partial charge in [0.1, 0.15) is 5.58 Å². The lowest BCUT2D eigenvalue weighted by Gasteiger charge is -2.20. The summed E-state index contributed by atoms with van der Waals surface area (Å²) in [5.41, 5.74) is 4.06. The third-order valence-electron chi connectivity index (χ3n) is 6.96.